The second kappa shape index (κ2) is 5.40. The maximum absolute atomic E-state index is 11.3. The van der Waals surface area contributed by atoms with Crippen LogP contribution in [0.15, 0.2) is 34.9 Å². The molecule has 1 aromatic heterocycles. The average Bonchev–Trinajstić information content (AvgIpc) is 3.08. The highest BCUT2D eigenvalue weighted by molar-refractivity contribution is 9.10. The Labute approximate surface area is 125 Å². The molecule has 4 nitrogen and oxygen atoms in total. The van der Waals surface area contributed by atoms with Gasteiger partial charge in [-0.15, -0.1) is 0 Å². The molecule has 0 radical (unpaired) electrons. The van der Waals surface area contributed by atoms with Gasteiger partial charge < -0.3 is 10.1 Å². The number of carbonyl (C=O) groups is 1. The van der Waals surface area contributed by atoms with Crippen LogP contribution in [0.4, 0.5) is 0 Å². The molecule has 3 rings (SSSR count). The van der Waals surface area contributed by atoms with Gasteiger partial charge in [-0.3, -0.25) is 4.79 Å². The van der Waals surface area contributed by atoms with Crippen molar-refractivity contribution in [3.8, 4) is 11.3 Å². The molecule has 1 aromatic carbocycles. The number of H-pyrrole nitrogens is 1. The summed E-state index contributed by atoms with van der Waals surface area (Å²) in [5.74, 6) is -0.211. The molecular formula is C15H15BrN2O2. The summed E-state index contributed by atoms with van der Waals surface area (Å²) in [7, 11) is 0. The first kappa shape index (κ1) is 13.4. The lowest BCUT2D eigenvalue weighted by Gasteiger charge is -2.12. The van der Waals surface area contributed by atoms with E-state index in [1.165, 1.54) is 0 Å². The minimum absolute atomic E-state index is 0.0108. The molecule has 104 valence electrons. The van der Waals surface area contributed by atoms with Crippen LogP contribution in [0.5, 0.6) is 0 Å². The van der Waals surface area contributed by atoms with Crippen molar-refractivity contribution in [1.82, 2.24) is 9.97 Å². The van der Waals surface area contributed by atoms with Gasteiger partial charge in [0.1, 0.15) is 5.82 Å². The lowest BCUT2D eigenvalue weighted by molar-refractivity contribution is -0.142. The summed E-state index contributed by atoms with van der Waals surface area (Å²) in [5.41, 5.74) is 1.99. The van der Waals surface area contributed by atoms with Crippen LogP contribution in [0.25, 0.3) is 11.3 Å². The summed E-state index contributed by atoms with van der Waals surface area (Å²) >= 11 is 3.41. The molecule has 2 unspecified atom stereocenters. The Kier molecular flexibility index (Phi) is 3.61. The number of hydrogen-bond donors (Lipinski definition) is 2. The molecule has 2 N–H and O–H groups in total. The summed E-state index contributed by atoms with van der Waals surface area (Å²) < 4.78 is 1.03. The summed E-state index contributed by atoms with van der Waals surface area (Å²) in [6.07, 6.45) is 4.38. The van der Waals surface area contributed by atoms with Crippen LogP contribution in [0.3, 0.4) is 0 Å². The molecular weight excluding hydrogens is 320 g/mol. The van der Waals surface area contributed by atoms with Crippen molar-refractivity contribution in [2.45, 2.75) is 25.2 Å². The van der Waals surface area contributed by atoms with Crippen LogP contribution in [0.2, 0.25) is 0 Å². The number of hydrogen-bond acceptors (Lipinski definition) is 2. The number of rotatable bonds is 3. The first-order valence-electron chi connectivity index (χ1n) is 6.69. The van der Waals surface area contributed by atoms with E-state index in [1.807, 2.05) is 24.3 Å². The van der Waals surface area contributed by atoms with Crippen LogP contribution < -0.4 is 0 Å². The minimum atomic E-state index is -0.714. The highest BCUT2D eigenvalue weighted by Crippen LogP contribution is 2.39. The number of imidazole rings is 1. The predicted octanol–water partition coefficient (Wildman–Crippen LogP) is 3.81. The second-order valence-corrected chi connectivity index (χ2v) is 6.09. The predicted molar refractivity (Wildman–Crippen MR) is 79.4 cm³/mol. The summed E-state index contributed by atoms with van der Waals surface area (Å²) in [5, 5.41) is 9.25. The van der Waals surface area contributed by atoms with Gasteiger partial charge >= 0.3 is 5.97 Å². The molecule has 1 aliphatic carbocycles. The Balaban J connectivity index is 1.86. The van der Waals surface area contributed by atoms with Crippen LogP contribution >= 0.6 is 15.9 Å². The zero-order valence-electron chi connectivity index (χ0n) is 10.8. The molecule has 0 amide bonds. The van der Waals surface area contributed by atoms with E-state index in [2.05, 4.69) is 25.9 Å². The third-order valence-corrected chi connectivity index (χ3v) is 4.46. The normalized spacial score (nSPS) is 22.1. The van der Waals surface area contributed by atoms with E-state index in [-0.39, 0.29) is 11.8 Å². The number of benzene rings is 1. The smallest absolute Gasteiger partial charge is 0.307 e. The summed E-state index contributed by atoms with van der Waals surface area (Å²) in [6, 6.07) is 7.96. The molecule has 2 atom stereocenters. The Hall–Kier alpha value is -1.62. The standard InChI is InChI=1S/C15H15BrN2O2/c16-10-6-4-9(5-7-10)13-8-17-14(18-13)11-2-1-3-12(11)15(19)20/h4-8,11-12H,1-3H2,(H,17,18)(H,19,20). The maximum Gasteiger partial charge on any atom is 0.307 e. The largest absolute Gasteiger partial charge is 0.481 e. The number of aromatic nitrogens is 2. The molecule has 5 heteroatoms. The summed E-state index contributed by atoms with van der Waals surface area (Å²) in [6.45, 7) is 0. The average molecular weight is 335 g/mol. The van der Waals surface area contributed by atoms with Crippen molar-refractivity contribution in [2.75, 3.05) is 0 Å². The molecule has 0 aliphatic heterocycles. The number of nitrogens with one attached hydrogen (secondary N) is 1. The third kappa shape index (κ3) is 2.50. The maximum atomic E-state index is 11.3. The first-order valence-corrected chi connectivity index (χ1v) is 7.48. The fraction of sp³-hybridized carbons (Fsp3) is 0.333. The van der Waals surface area contributed by atoms with E-state index in [0.717, 1.165) is 40.8 Å². The zero-order valence-corrected chi connectivity index (χ0v) is 12.4. The molecule has 1 fully saturated rings. The number of nitrogens with zero attached hydrogens (tertiary/aromatic N) is 1. The molecule has 0 saturated heterocycles. The molecule has 1 saturated carbocycles. The van der Waals surface area contributed by atoms with Gasteiger partial charge in [-0.2, -0.15) is 0 Å². The number of carboxylic acids is 1. The molecule has 0 spiro atoms. The molecule has 1 aliphatic rings. The lowest BCUT2D eigenvalue weighted by atomic mass is 9.96. The molecule has 0 bridgehead atoms. The van der Waals surface area contributed by atoms with Crippen LogP contribution in [0, 0.1) is 5.92 Å². The van der Waals surface area contributed by atoms with E-state index >= 15 is 0 Å². The highest BCUT2D eigenvalue weighted by atomic mass is 79.9. The van der Waals surface area contributed by atoms with Crippen molar-refractivity contribution in [3.05, 3.63) is 40.8 Å². The van der Waals surface area contributed by atoms with Gasteiger partial charge in [0.15, 0.2) is 0 Å². The van der Waals surface area contributed by atoms with Crippen molar-refractivity contribution in [1.29, 1.82) is 0 Å². The van der Waals surface area contributed by atoms with E-state index < -0.39 is 5.97 Å². The van der Waals surface area contributed by atoms with E-state index in [0.29, 0.717) is 0 Å². The quantitative estimate of drug-likeness (QED) is 0.896. The van der Waals surface area contributed by atoms with Crippen LogP contribution in [-0.2, 0) is 4.79 Å². The monoisotopic (exact) mass is 334 g/mol. The van der Waals surface area contributed by atoms with Crippen molar-refractivity contribution in [3.63, 3.8) is 0 Å². The Morgan fingerprint density at radius 2 is 2.05 bits per heavy atom. The fourth-order valence-corrected chi connectivity index (χ4v) is 3.15. The van der Waals surface area contributed by atoms with Gasteiger partial charge in [0.2, 0.25) is 0 Å². The van der Waals surface area contributed by atoms with Gasteiger partial charge in [-0.05, 0) is 30.5 Å². The van der Waals surface area contributed by atoms with Gasteiger partial charge in [0.05, 0.1) is 17.8 Å². The van der Waals surface area contributed by atoms with E-state index in [1.54, 1.807) is 6.20 Å². The van der Waals surface area contributed by atoms with Crippen LogP contribution in [-0.4, -0.2) is 21.0 Å². The van der Waals surface area contributed by atoms with Crippen LogP contribution in [0.1, 0.15) is 31.0 Å². The first-order chi connectivity index (χ1) is 9.65. The minimum Gasteiger partial charge on any atom is -0.481 e. The van der Waals surface area contributed by atoms with Crippen molar-refractivity contribution >= 4 is 21.9 Å². The van der Waals surface area contributed by atoms with E-state index in [9.17, 15) is 9.90 Å². The van der Waals surface area contributed by atoms with Gasteiger partial charge in [0.25, 0.3) is 0 Å². The third-order valence-electron chi connectivity index (χ3n) is 3.94. The number of aromatic amines is 1. The number of carboxylic acid groups (broad SMARTS) is 1. The van der Waals surface area contributed by atoms with Crippen molar-refractivity contribution in [2.24, 2.45) is 5.92 Å². The van der Waals surface area contributed by atoms with Gasteiger partial charge in [-0.1, -0.05) is 34.5 Å². The SMILES string of the molecule is O=C(O)C1CCCC1c1ncc(-c2ccc(Br)cc2)[nH]1. The van der Waals surface area contributed by atoms with E-state index in [4.69, 9.17) is 0 Å². The van der Waals surface area contributed by atoms with Crippen molar-refractivity contribution < 1.29 is 9.90 Å². The summed E-state index contributed by atoms with van der Waals surface area (Å²) in [4.78, 5) is 18.9. The molecule has 2 aromatic rings. The second-order valence-electron chi connectivity index (χ2n) is 5.17. The molecule has 20 heavy (non-hydrogen) atoms. The number of halogens is 1. The number of aliphatic carboxylic acids is 1. The van der Waals surface area contributed by atoms with Gasteiger partial charge in [0, 0.05) is 10.4 Å². The highest BCUT2D eigenvalue weighted by Gasteiger charge is 2.35. The fourth-order valence-electron chi connectivity index (χ4n) is 2.88. The lowest BCUT2D eigenvalue weighted by Crippen LogP contribution is -2.17. The Bertz CT molecular complexity index is 621. The Morgan fingerprint density at radius 1 is 1.30 bits per heavy atom. The zero-order chi connectivity index (χ0) is 14.1. The molecule has 1 heterocycles. The van der Waals surface area contributed by atoms with Gasteiger partial charge in [-0.25, -0.2) is 4.98 Å². The topological polar surface area (TPSA) is 66.0 Å². The Morgan fingerprint density at radius 3 is 2.75 bits per heavy atom.